The monoisotopic (exact) mass is 352 g/mol. The molecule has 7 heteroatoms. The van der Waals surface area contributed by atoms with Crippen molar-refractivity contribution in [2.24, 2.45) is 0 Å². The highest BCUT2D eigenvalue weighted by molar-refractivity contribution is 9.10. The van der Waals surface area contributed by atoms with Gasteiger partial charge in [0.2, 0.25) is 10.0 Å². The van der Waals surface area contributed by atoms with E-state index in [-0.39, 0.29) is 16.0 Å². The fraction of sp³-hybridized carbons (Fsp3) is 0.455. The van der Waals surface area contributed by atoms with Gasteiger partial charge in [-0.15, -0.1) is 0 Å². The highest BCUT2D eigenvalue weighted by Gasteiger charge is 2.24. The maximum atomic E-state index is 12.2. The van der Waals surface area contributed by atoms with Crippen LogP contribution in [0.5, 0.6) is 0 Å². The van der Waals surface area contributed by atoms with Gasteiger partial charge in [0, 0.05) is 10.5 Å². The first-order valence-corrected chi connectivity index (χ1v) is 8.33. The molecule has 0 amide bonds. The second-order valence-corrected chi connectivity index (χ2v) is 7.11. The number of rotatable bonds is 3. The summed E-state index contributed by atoms with van der Waals surface area (Å²) < 4.78 is 27.8. The Bertz CT molecular complexity index is 530. The fourth-order valence-corrected chi connectivity index (χ4v) is 4.25. The summed E-state index contributed by atoms with van der Waals surface area (Å²) in [5, 5.41) is 3.41. The zero-order chi connectivity index (χ0) is 13.2. The topological polar surface area (TPSA) is 58.2 Å². The summed E-state index contributed by atoms with van der Waals surface area (Å²) in [4.78, 5) is 0.122. The first-order chi connectivity index (χ1) is 8.50. The molecular formula is C11H14BrClN2O2S. The van der Waals surface area contributed by atoms with Gasteiger partial charge in [-0.05, 0) is 54.0 Å². The molecule has 0 unspecified atom stereocenters. The van der Waals surface area contributed by atoms with Gasteiger partial charge in [0.05, 0.1) is 5.02 Å². The van der Waals surface area contributed by atoms with Crippen molar-refractivity contribution in [2.45, 2.75) is 23.8 Å². The van der Waals surface area contributed by atoms with Gasteiger partial charge in [-0.1, -0.05) is 17.7 Å². The molecule has 0 saturated carbocycles. The quantitative estimate of drug-likeness (QED) is 0.875. The molecule has 1 saturated heterocycles. The van der Waals surface area contributed by atoms with Crippen molar-refractivity contribution in [3.8, 4) is 0 Å². The Hall–Kier alpha value is -0.140. The molecule has 100 valence electrons. The Morgan fingerprint density at radius 2 is 2.00 bits per heavy atom. The Morgan fingerprint density at radius 3 is 2.67 bits per heavy atom. The van der Waals surface area contributed by atoms with Gasteiger partial charge < -0.3 is 5.32 Å². The van der Waals surface area contributed by atoms with Crippen LogP contribution in [0, 0.1) is 0 Å². The van der Waals surface area contributed by atoms with E-state index in [1.807, 2.05) is 0 Å². The largest absolute Gasteiger partial charge is 0.317 e. The maximum absolute atomic E-state index is 12.2. The first kappa shape index (κ1) is 14.3. The van der Waals surface area contributed by atoms with Gasteiger partial charge in [0.25, 0.3) is 0 Å². The molecule has 0 aromatic heterocycles. The second-order valence-electron chi connectivity index (χ2n) is 4.20. The number of hydrogen-bond acceptors (Lipinski definition) is 3. The van der Waals surface area contributed by atoms with Crippen LogP contribution < -0.4 is 10.0 Å². The van der Waals surface area contributed by atoms with Crippen molar-refractivity contribution < 1.29 is 8.42 Å². The lowest BCUT2D eigenvalue weighted by Gasteiger charge is -2.23. The smallest absolute Gasteiger partial charge is 0.242 e. The van der Waals surface area contributed by atoms with Crippen LogP contribution in [0.3, 0.4) is 0 Å². The summed E-state index contributed by atoms with van der Waals surface area (Å²) in [5.41, 5.74) is 0. The molecule has 0 aliphatic carbocycles. The molecule has 0 atom stereocenters. The minimum absolute atomic E-state index is 0.0219. The molecular weight excluding hydrogens is 340 g/mol. The zero-order valence-corrected chi connectivity index (χ0v) is 12.8. The van der Waals surface area contributed by atoms with Crippen LogP contribution in [-0.2, 0) is 10.0 Å². The Kier molecular flexibility index (Phi) is 4.66. The number of sulfonamides is 1. The predicted molar refractivity (Wildman–Crippen MR) is 75.4 cm³/mol. The minimum Gasteiger partial charge on any atom is -0.317 e. The molecule has 0 bridgehead atoms. The molecule has 0 spiro atoms. The van der Waals surface area contributed by atoms with Crippen molar-refractivity contribution in [1.29, 1.82) is 0 Å². The number of benzene rings is 1. The minimum atomic E-state index is -3.55. The normalized spacial score (nSPS) is 17.9. The average molecular weight is 354 g/mol. The average Bonchev–Trinajstić information content (AvgIpc) is 2.33. The Balaban J connectivity index is 2.22. The lowest BCUT2D eigenvalue weighted by molar-refractivity contribution is 0.427. The molecule has 18 heavy (non-hydrogen) atoms. The fourth-order valence-electron chi connectivity index (χ4n) is 1.91. The van der Waals surface area contributed by atoms with E-state index in [1.54, 1.807) is 12.1 Å². The second kappa shape index (κ2) is 5.88. The van der Waals surface area contributed by atoms with Crippen LogP contribution >= 0.6 is 27.5 Å². The molecule has 4 nitrogen and oxygen atoms in total. The Morgan fingerprint density at radius 1 is 1.33 bits per heavy atom. The molecule has 1 aliphatic heterocycles. The Labute approximate surface area is 120 Å². The summed E-state index contributed by atoms with van der Waals surface area (Å²) >= 11 is 9.25. The van der Waals surface area contributed by atoms with E-state index >= 15 is 0 Å². The van der Waals surface area contributed by atoms with Crippen LogP contribution in [0.25, 0.3) is 0 Å². The van der Waals surface area contributed by atoms with E-state index in [0.717, 1.165) is 25.9 Å². The molecule has 2 N–H and O–H groups in total. The third-order valence-electron chi connectivity index (χ3n) is 2.87. The number of hydrogen-bond donors (Lipinski definition) is 2. The van der Waals surface area contributed by atoms with Crippen LogP contribution in [-0.4, -0.2) is 27.5 Å². The molecule has 1 fully saturated rings. The summed E-state index contributed by atoms with van der Waals surface area (Å²) in [6.45, 7) is 1.67. The third-order valence-corrected chi connectivity index (χ3v) is 5.84. The zero-order valence-electron chi connectivity index (χ0n) is 9.62. The molecule has 1 aliphatic rings. The van der Waals surface area contributed by atoms with Gasteiger partial charge in [-0.3, -0.25) is 0 Å². The van der Waals surface area contributed by atoms with E-state index in [1.165, 1.54) is 6.07 Å². The number of piperidine rings is 1. The van der Waals surface area contributed by atoms with E-state index in [9.17, 15) is 8.42 Å². The standard InChI is InChI=1S/C11H14BrClN2O2S/c12-9-2-1-3-10(11(9)13)18(16,17)15-8-4-6-14-7-5-8/h1-3,8,14-15H,4-7H2. The summed E-state index contributed by atoms with van der Waals surface area (Å²) in [5.74, 6) is 0. The van der Waals surface area contributed by atoms with Gasteiger partial charge in [0.15, 0.2) is 0 Å². The van der Waals surface area contributed by atoms with Crippen LogP contribution in [0.2, 0.25) is 5.02 Å². The highest BCUT2D eigenvalue weighted by Crippen LogP contribution is 2.29. The molecule has 1 aromatic rings. The SMILES string of the molecule is O=S(=O)(NC1CCNCC1)c1cccc(Br)c1Cl. The van der Waals surface area contributed by atoms with Crippen molar-refractivity contribution >= 4 is 37.6 Å². The molecule has 1 aromatic carbocycles. The van der Waals surface area contributed by atoms with Gasteiger partial charge in [0.1, 0.15) is 4.90 Å². The number of halogens is 2. The van der Waals surface area contributed by atoms with E-state index < -0.39 is 10.0 Å². The van der Waals surface area contributed by atoms with Crippen molar-refractivity contribution in [1.82, 2.24) is 10.0 Å². The maximum Gasteiger partial charge on any atom is 0.242 e. The van der Waals surface area contributed by atoms with Gasteiger partial charge >= 0.3 is 0 Å². The summed E-state index contributed by atoms with van der Waals surface area (Å²) in [6.07, 6.45) is 1.59. The third kappa shape index (κ3) is 3.24. The van der Waals surface area contributed by atoms with E-state index in [2.05, 4.69) is 26.0 Å². The van der Waals surface area contributed by atoms with Crippen LogP contribution in [0.15, 0.2) is 27.6 Å². The summed E-state index contributed by atoms with van der Waals surface area (Å²) in [6, 6.07) is 4.86. The van der Waals surface area contributed by atoms with Crippen molar-refractivity contribution in [3.63, 3.8) is 0 Å². The van der Waals surface area contributed by atoms with Crippen molar-refractivity contribution in [3.05, 3.63) is 27.7 Å². The summed E-state index contributed by atoms with van der Waals surface area (Å²) in [7, 11) is -3.55. The molecule has 1 heterocycles. The van der Waals surface area contributed by atoms with Crippen molar-refractivity contribution in [2.75, 3.05) is 13.1 Å². The van der Waals surface area contributed by atoms with Crippen LogP contribution in [0.4, 0.5) is 0 Å². The van der Waals surface area contributed by atoms with E-state index in [4.69, 9.17) is 11.6 Å². The van der Waals surface area contributed by atoms with Gasteiger partial charge in [-0.25, -0.2) is 13.1 Å². The lowest BCUT2D eigenvalue weighted by Crippen LogP contribution is -2.42. The highest BCUT2D eigenvalue weighted by atomic mass is 79.9. The molecule has 0 radical (unpaired) electrons. The first-order valence-electron chi connectivity index (χ1n) is 5.68. The lowest BCUT2D eigenvalue weighted by atomic mass is 10.1. The van der Waals surface area contributed by atoms with Crippen LogP contribution in [0.1, 0.15) is 12.8 Å². The molecule has 2 rings (SSSR count). The van der Waals surface area contributed by atoms with Gasteiger partial charge in [-0.2, -0.15) is 0 Å². The van der Waals surface area contributed by atoms with E-state index in [0.29, 0.717) is 4.47 Å². The number of nitrogens with one attached hydrogen (secondary N) is 2. The predicted octanol–water partition coefficient (Wildman–Crippen LogP) is 2.13.